The number of thiophene rings is 1. The number of nitrogens with zero attached hydrogens (tertiary/aromatic N) is 2. The van der Waals surface area contributed by atoms with Crippen molar-refractivity contribution in [3.63, 3.8) is 0 Å². The van der Waals surface area contributed by atoms with Gasteiger partial charge in [-0.3, -0.25) is 9.69 Å². The van der Waals surface area contributed by atoms with Crippen molar-refractivity contribution in [1.29, 1.82) is 0 Å². The molecule has 6 nitrogen and oxygen atoms in total. The van der Waals surface area contributed by atoms with Gasteiger partial charge in [-0.15, -0.1) is 11.3 Å². The fourth-order valence-electron chi connectivity index (χ4n) is 3.73. The highest BCUT2D eigenvalue weighted by Crippen LogP contribution is 2.28. The summed E-state index contributed by atoms with van der Waals surface area (Å²) in [6.45, 7) is 3.64. The van der Waals surface area contributed by atoms with Gasteiger partial charge in [0, 0.05) is 37.4 Å². The third kappa shape index (κ3) is 4.72. The maximum atomic E-state index is 13.0. The quantitative estimate of drug-likeness (QED) is 0.615. The van der Waals surface area contributed by atoms with Gasteiger partial charge in [0.2, 0.25) is 5.91 Å². The number of sulfonamides is 1. The monoisotopic (exact) mass is 455 g/mol. The van der Waals surface area contributed by atoms with Crippen LogP contribution in [0.15, 0.2) is 76.3 Å². The average Bonchev–Trinajstić information content (AvgIpc) is 3.36. The molecule has 162 valence electrons. The number of para-hydroxylation sites is 1. The van der Waals surface area contributed by atoms with E-state index in [2.05, 4.69) is 5.32 Å². The SMILES string of the molecule is CC(C(=O)Nc1ccccc1-c1ccccc1)N1CCN(S(=O)(=O)c2cccs2)CC1. The summed E-state index contributed by atoms with van der Waals surface area (Å²) < 4.78 is 27.3. The van der Waals surface area contributed by atoms with Gasteiger partial charge in [0.15, 0.2) is 0 Å². The molecular weight excluding hydrogens is 430 g/mol. The molecule has 31 heavy (non-hydrogen) atoms. The summed E-state index contributed by atoms with van der Waals surface area (Å²) >= 11 is 1.23. The third-order valence-corrected chi connectivity index (χ3v) is 8.83. The van der Waals surface area contributed by atoms with Crippen LogP contribution in [-0.4, -0.2) is 55.8 Å². The Morgan fingerprint density at radius 1 is 0.935 bits per heavy atom. The number of hydrogen-bond acceptors (Lipinski definition) is 5. The Morgan fingerprint density at radius 3 is 2.29 bits per heavy atom. The van der Waals surface area contributed by atoms with Gasteiger partial charge in [-0.05, 0) is 30.0 Å². The molecule has 1 aliphatic heterocycles. The van der Waals surface area contributed by atoms with Gasteiger partial charge in [-0.1, -0.05) is 54.6 Å². The highest BCUT2D eigenvalue weighted by molar-refractivity contribution is 7.91. The predicted molar refractivity (Wildman–Crippen MR) is 125 cm³/mol. The summed E-state index contributed by atoms with van der Waals surface area (Å²) in [5.74, 6) is -0.0991. The van der Waals surface area contributed by atoms with E-state index in [0.29, 0.717) is 30.4 Å². The lowest BCUT2D eigenvalue weighted by molar-refractivity contribution is -0.121. The lowest BCUT2D eigenvalue weighted by Crippen LogP contribution is -2.53. The number of amides is 1. The molecule has 8 heteroatoms. The first kappa shape index (κ1) is 21.7. The number of rotatable bonds is 6. The minimum absolute atomic E-state index is 0.0991. The average molecular weight is 456 g/mol. The van der Waals surface area contributed by atoms with Crippen molar-refractivity contribution in [3.8, 4) is 11.1 Å². The van der Waals surface area contributed by atoms with Crippen molar-refractivity contribution in [3.05, 3.63) is 72.1 Å². The van der Waals surface area contributed by atoms with Crippen LogP contribution >= 0.6 is 11.3 Å². The van der Waals surface area contributed by atoms with Crippen molar-refractivity contribution in [2.75, 3.05) is 31.5 Å². The van der Waals surface area contributed by atoms with Crippen LogP contribution in [0.3, 0.4) is 0 Å². The van der Waals surface area contributed by atoms with Crippen LogP contribution < -0.4 is 5.32 Å². The molecule has 2 heterocycles. The van der Waals surface area contributed by atoms with E-state index in [9.17, 15) is 13.2 Å². The van der Waals surface area contributed by atoms with Crippen molar-refractivity contribution >= 4 is 33.0 Å². The van der Waals surface area contributed by atoms with Gasteiger partial charge in [0.05, 0.1) is 6.04 Å². The molecule has 0 spiro atoms. The number of anilines is 1. The number of carbonyl (C=O) groups is 1. The predicted octanol–water partition coefficient (Wildman–Crippen LogP) is 3.75. The van der Waals surface area contributed by atoms with E-state index in [1.165, 1.54) is 15.6 Å². The van der Waals surface area contributed by atoms with E-state index in [4.69, 9.17) is 0 Å². The Morgan fingerprint density at radius 2 is 1.61 bits per heavy atom. The zero-order valence-corrected chi connectivity index (χ0v) is 18.9. The van der Waals surface area contributed by atoms with Crippen LogP contribution in [0.2, 0.25) is 0 Å². The van der Waals surface area contributed by atoms with E-state index in [1.807, 2.05) is 66.4 Å². The Balaban J connectivity index is 1.40. The van der Waals surface area contributed by atoms with E-state index in [-0.39, 0.29) is 11.9 Å². The lowest BCUT2D eigenvalue weighted by Gasteiger charge is -2.36. The molecule has 0 bridgehead atoms. The largest absolute Gasteiger partial charge is 0.324 e. The molecule has 1 saturated heterocycles. The second kappa shape index (κ2) is 9.32. The molecule has 1 atom stereocenters. The van der Waals surface area contributed by atoms with Crippen molar-refractivity contribution < 1.29 is 13.2 Å². The van der Waals surface area contributed by atoms with Gasteiger partial charge in [0.25, 0.3) is 10.0 Å². The standard InChI is InChI=1S/C23H25N3O3S2/c1-18(25-13-15-26(16-14-25)31(28,29)22-12-7-17-30-22)23(27)24-21-11-6-5-10-20(21)19-8-3-2-4-9-19/h2-12,17-18H,13-16H2,1H3,(H,24,27). The van der Waals surface area contributed by atoms with Crippen LogP contribution in [0, 0.1) is 0 Å². The fraction of sp³-hybridized carbons (Fsp3) is 0.261. The summed E-state index contributed by atoms with van der Waals surface area (Å²) in [4.78, 5) is 15.0. The Kier molecular flexibility index (Phi) is 6.52. The van der Waals surface area contributed by atoms with Crippen LogP contribution in [0.1, 0.15) is 6.92 Å². The molecule has 0 radical (unpaired) electrons. The first-order chi connectivity index (χ1) is 15.0. The number of piperazine rings is 1. The number of nitrogens with one attached hydrogen (secondary N) is 1. The van der Waals surface area contributed by atoms with Gasteiger partial charge >= 0.3 is 0 Å². The smallest absolute Gasteiger partial charge is 0.252 e. The van der Waals surface area contributed by atoms with E-state index < -0.39 is 10.0 Å². The second-order valence-electron chi connectivity index (χ2n) is 7.45. The molecule has 0 aliphatic carbocycles. The van der Waals surface area contributed by atoms with Crippen molar-refractivity contribution in [2.24, 2.45) is 0 Å². The minimum Gasteiger partial charge on any atom is -0.324 e. The van der Waals surface area contributed by atoms with Crippen LogP contribution in [0.25, 0.3) is 11.1 Å². The summed E-state index contributed by atoms with van der Waals surface area (Å²) in [5.41, 5.74) is 2.78. The molecule has 3 aromatic rings. The minimum atomic E-state index is -3.45. The summed E-state index contributed by atoms with van der Waals surface area (Å²) in [7, 11) is -3.45. The summed E-state index contributed by atoms with van der Waals surface area (Å²) in [6.07, 6.45) is 0. The zero-order valence-electron chi connectivity index (χ0n) is 17.3. The second-order valence-corrected chi connectivity index (χ2v) is 10.6. The van der Waals surface area contributed by atoms with Crippen molar-refractivity contribution in [1.82, 2.24) is 9.21 Å². The van der Waals surface area contributed by atoms with E-state index >= 15 is 0 Å². The van der Waals surface area contributed by atoms with E-state index in [0.717, 1.165) is 16.8 Å². The number of hydrogen-bond donors (Lipinski definition) is 1. The van der Waals surface area contributed by atoms with Gasteiger partial charge in [-0.25, -0.2) is 8.42 Å². The maximum absolute atomic E-state index is 13.0. The van der Waals surface area contributed by atoms with Crippen LogP contribution in [-0.2, 0) is 14.8 Å². The molecule has 1 aromatic heterocycles. The summed E-state index contributed by atoms with van der Waals surface area (Å²) in [6, 6.07) is 20.7. The van der Waals surface area contributed by atoms with Gasteiger partial charge in [0.1, 0.15) is 4.21 Å². The Bertz CT molecular complexity index is 1120. The molecule has 0 saturated carbocycles. The fourth-order valence-corrected chi connectivity index (χ4v) is 6.30. The summed E-state index contributed by atoms with van der Waals surface area (Å²) in [5, 5.41) is 4.83. The first-order valence-electron chi connectivity index (χ1n) is 10.2. The van der Waals surface area contributed by atoms with Gasteiger partial charge < -0.3 is 5.32 Å². The lowest BCUT2D eigenvalue weighted by atomic mass is 10.0. The molecule has 1 amide bonds. The highest BCUT2D eigenvalue weighted by Gasteiger charge is 2.32. The maximum Gasteiger partial charge on any atom is 0.252 e. The van der Waals surface area contributed by atoms with Crippen molar-refractivity contribution in [2.45, 2.75) is 17.2 Å². The van der Waals surface area contributed by atoms with E-state index in [1.54, 1.807) is 17.5 Å². The highest BCUT2D eigenvalue weighted by atomic mass is 32.2. The molecule has 1 fully saturated rings. The van der Waals surface area contributed by atoms with Gasteiger partial charge in [-0.2, -0.15) is 4.31 Å². The molecular formula is C23H25N3O3S2. The normalized spacial score (nSPS) is 16.7. The first-order valence-corrected chi connectivity index (χ1v) is 12.5. The molecule has 2 aromatic carbocycles. The third-order valence-electron chi connectivity index (χ3n) is 5.56. The number of benzene rings is 2. The molecule has 1 aliphatic rings. The molecule has 1 N–H and O–H groups in total. The molecule has 1 unspecified atom stereocenters. The zero-order chi connectivity index (χ0) is 21.8. The Labute approximate surface area is 187 Å². The Hall–Kier alpha value is -2.52. The molecule has 4 rings (SSSR count). The topological polar surface area (TPSA) is 69.7 Å². The number of carbonyl (C=O) groups excluding carboxylic acids is 1. The van der Waals surface area contributed by atoms with Crippen LogP contribution in [0.4, 0.5) is 5.69 Å². The van der Waals surface area contributed by atoms with Crippen LogP contribution in [0.5, 0.6) is 0 Å².